The van der Waals surface area contributed by atoms with E-state index in [2.05, 4.69) is 18.1 Å². The summed E-state index contributed by atoms with van der Waals surface area (Å²) in [6.45, 7) is 0.878. The number of hydrogen-bond donors (Lipinski definition) is 3. The van der Waals surface area contributed by atoms with Gasteiger partial charge < -0.3 is 28.9 Å². The van der Waals surface area contributed by atoms with Crippen LogP contribution in [0.25, 0.3) is 10.8 Å². The standard InChI is InChI=1S/C31H41N2O14P3S/c1-2-3-9-18-41-48(35,36)46-50(39,40)47-49(37,38)42-20-25-27-28(45-30(44-27)23-15-14-21-10-7-8-11-22(21)19-23)29(43-25)33-17-16-26(32-31(33)34)51-24-12-5-4-6-13-24/h7-8,10-11,14-17,19,24-25,27-30H,2-6,9,12-13,18,20H2,1H3,(H,35,36)(H,37,38)(H,39,40)/t25-,27+,28?,29-,30?/m1/s1. The minimum atomic E-state index is -5.66. The summed E-state index contributed by atoms with van der Waals surface area (Å²) in [6, 6.07) is 15.1. The van der Waals surface area contributed by atoms with Crippen LogP contribution in [0.1, 0.15) is 76.4 Å². The maximum absolute atomic E-state index is 13.3. The van der Waals surface area contributed by atoms with Gasteiger partial charge in [0, 0.05) is 17.0 Å². The van der Waals surface area contributed by atoms with Crippen molar-refractivity contribution < 1.29 is 60.3 Å². The summed E-state index contributed by atoms with van der Waals surface area (Å²) in [6.07, 6.45) is 3.88. The van der Waals surface area contributed by atoms with Gasteiger partial charge in [-0.2, -0.15) is 13.6 Å². The maximum atomic E-state index is 13.3. The zero-order valence-electron chi connectivity index (χ0n) is 27.7. The quantitative estimate of drug-likeness (QED) is 0.0777. The van der Waals surface area contributed by atoms with Gasteiger partial charge in [-0.1, -0.05) is 75.4 Å². The maximum Gasteiger partial charge on any atom is 0.490 e. The largest absolute Gasteiger partial charge is 0.490 e. The number of phosphoric acid groups is 3. The van der Waals surface area contributed by atoms with Crippen molar-refractivity contribution >= 4 is 46.0 Å². The number of rotatable bonds is 16. The summed E-state index contributed by atoms with van der Waals surface area (Å²) in [5.74, 6) is 0. The van der Waals surface area contributed by atoms with Gasteiger partial charge in [-0.15, -0.1) is 11.8 Å². The lowest BCUT2D eigenvalue weighted by Gasteiger charge is -2.23. The van der Waals surface area contributed by atoms with Crippen molar-refractivity contribution in [3.63, 3.8) is 0 Å². The van der Waals surface area contributed by atoms with Crippen LogP contribution in [-0.4, -0.2) is 61.0 Å². The van der Waals surface area contributed by atoms with Crippen molar-refractivity contribution in [2.24, 2.45) is 0 Å². The molecule has 1 aliphatic carbocycles. The first kappa shape index (κ1) is 38.9. The third-order valence-electron chi connectivity index (χ3n) is 8.63. The van der Waals surface area contributed by atoms with Crippen molar-refractivity contribution in [2.45, 2.75) is 99.4 Å². The molecule has 2 saturated heterocycles. The Morgan fingerprint density at radius 1 is 0.863 bits per heavy atom. The summed E-state index contributed by atoms with van der Waals surface area (Å²) < 4.78 is 75.2. The molecule has 51 heavy (non-hydrogen) atoms. The summed E-state index contributed by atoms with van der Waals surface area (Å²) in [4.78, 5) is 47.7. The molecule has 8 atom stereocenters. The molecular weight excluding hydrogens is 749 g/mol. The first-order chi connectivity index (χ1) is 24.3. The normalized spacial score (nSPS) is 27.5. The monoisotopic (exact) mass is 790 g/mol. The van der Waals surface area contributed by atoms with Crippen LogP contribution >= 0.6 is 35.2 Å². The molecule has 0 amide bonds. The first-order valence-electron chi connectivity index (χ1n) is 16.7. The molecule has 3 fully saturated rings. The molecule has 1 aromatic heterocycles. The van der Waals surface area contributed by atoms with Gasteiger partial charge in [-0.25, -0.2) is 18.5 Å². The predicted octanol–water partition coefficient (Wildman–Crippen LogP) is 6.76. The van der Waals surface area contributed by atoms with Crippen molar-refractivity contribution in [3.05, 3.63) is 70.8 Å². The second kappa shape index (κ2) is 16.7. The van der Waals surface area contributed by atoms with E-state index in [0.29, 0.717) is 28.7 Å². The molecule has 0 bridgehead atoms. The average molecular weight is 791 g/mol. The number of thioether (sulfide) groups is 1. The predicted molar refractivity (Wildman–Crippen MR) is 185 cm³/mol. The van der Waals surface area contributed by atoms with Crippen LogP contribution < -0.4 is 5.69 Å². The van der Waals surface area contributed by atoms with Gasteiger partial charge in [0.1, 0.15) is 23.3 Å². The molecule has 2 aliphatic heterocycles. The number of aromatic nitrogens is 2. The highest BCUT2D eigenvalue weighted by Crippen LogP contribution is 2.67. The Morgan fingerprint density at radius 3 is 2.29 bits per heavy atom. The van der Waals surface area contributed by atoms with Crippen LogP contribution in [0, 0.1) is 0 Å². The minimum absolute atomic E-state index is 0.263. The second-order valence-electron chi connectivity index (χ2n) is 12.4. The molecule has 3 aromatic rings. The van der Waals surface area contributed by atoms with E-state index in [1.54, 1.807) is 24.0 Å². The van der Waals surface area contributed by atoms with E-state index in [1.807, 2.05) is 49.4 Å². The highest BCUT2D eigenvalue weighted by Gasteiger charge is 2.55. The number of nitrogens with zero attached hydrogens (tertiary/aromatic N) is 2. The Balaban J connectivity index is 1.17. The second-order valence-corrected chi connectivity index (χ2v) is 18.4. The molecule has 5 unspecified atom stereocenters. The molecule has 3 N–H and O–H groups in total. The third-order valence-corrected chi connectivity index (χ3v) is 14.2. The highest BCUT2D eigenvalue weighted by molar-refractivity contribution is 7.99. The van der Waals surface area contributed by atoms with E-state index in [9.17, 15) is 33.2 Å². The summed E-state index contributed by atoms with van der Waals surface area (Å²) in [5.41, 5.74) is 0.0739. The van der Waals surface area contributed by atoms with Crippen LogP contribution in [-0.2, 0) is 45.6 Å². The number of fused-ring (bicyclic) bond motifs is 2. The van der Waals surface area contributed by atoms with Crippen LogP contribution in [0.3, 0.4) is 0 Å². The van der Waals surface area contributed by atoms with Crippen molar-refractivity contribution in [2.75, 3.05) is 13.2 Å². The molecule has 3 aliphatic rings. The molecule has 0 spiro atoms. The minimum Gasteiger partial charge on any atom is -0.346 e. The zero-order valence-corrected chi connectivity index (χ0v) is 31.2. The van der Waals surface area contributed by atoms with Crippen LogP contribution in [0.4, 0.5) is 0 Å². The van der Waals surface area contributed by atoms with Gasteiger partial charge in [0.25, 0.3) is 0 Å². The van der Waals surface area contributed by atoms with Crippen LogP contribution in [0.5, 0.6) is 0 Å². The molecule has 16 nitrogen and oxygen atoms in total. The lowest BCUT2D eigenvalue weighted by Crippen LogP contribution is -2.34. The van der Waals surface area contributed by atoms with E-state index in [4.69, 9.17) is 18.7 Å². The Hall–Kier alpha value is -1.78. The van der Waals surface area contributed by atoms with Gasteiger partial charge in [-0.05, 0) is 42.2 Å². The number of hydrogen-bond acceptors (Lipinski definition) is 13. The molecular formula is C31H41N2O14P3S. The molecule has 0 radical (unpaired) electrons. The number of benzene rings is 2. The van der Waals surface area contributed by atoms with E-state index in [0.717, 1.165) is 42.9 Å². The zero-order chi connectivity index (χ0) is 36.2. The Bertz CT molecular complexity index is 1880. The molecule has 3 heterocycles. The number of unbranched alkanes of at least 4 members (excludes halogenated alkanes) is 2. The van der Waals surface area contributed by atoms with E-state index >= 15 is 0 Å². The van der Waals surface area contributed by atoms with Crippen LogP contribution in [0.2, 0.25) is 0 Å². The molecule has 280 valence electrons. The topological polar surface area (TPSA) is 211 Å². The lowest BCUT2D eigenvalue weighted by atomic mass is 10.0. The van der Waals surface area contributed by atoms with E-state index < -0.39 is 66.6 Å². The summed E-state index contributed by atoms with van der Waals surface area (Å²) >= 11 is 1.56. The average Bonchev–Trinajstić information content (AvgIpc) is 3.65. The fraction of sp³-hybridized carbons (Fsp3) is 0.548. The van der Waals surface area contributed by atoms with Crippen molar-refractivity contribution in [1.82, 2.24) is 9.55 Å². The molecule has 2 aromatic carbocycles. The third kappa shape index (κ3) is 10.3. The van der Waals surface area contributed by atoms with E-state index in [-0.39, 0.29) is 6.61 Å². The van der Waals surface area contributed by atoms with Gasteiger partial charge in [0.2, 0.25) is 0 Å². The van der Waals surface area contributed by atoms with Crippen molar-refractivity contribution in [3.8, 4) is 0 Å². The Morgan fingerprint density at radius 2 is 1.57 bits per heavy atom. The summed E-state index contributed by atoms with van der Waals surface area (Å²) in [5, 5.41) is 2.90. The fourth-order valence-electron chi connectivity index (χ4n) is 6.24. The molecule has 1 saturated carbocycles. The van der Waals surface area contributed by atoms with Gasteiger partial charge in [-0.3, -0.25) is 13.6 Å². The Labute approximate surface area is 298 Å². The SMILES string of the molecule is CCCCCOP(=O)(O)OP(=O)(O)OP(=O)(O)OC[C@H]1O[C@@H](n2ccc(SC3CCCCC3)nc2=O)C2OC(c3ccc4ccccc4c3)O[C@H]21. The molecule has 20 heteroatoms. The highest BCUT2D eigenvalue weighted by atomic mass is 32.2. The van der Waals surface area contributed by atoms with E-state index in [1.165, 1.54) is 11.0 Å². The van der Waals surface area contributed by atoms with Crippen LogP contribution in [0.15, 0.2) is 64.5 Å². The number of phosphoric ester groups is 2. The van der Waals surface area contributed by atoms with Gasteiger partial charge >= 0.3 is 29.2 Å². The summed E-state index contributed by atoms with van der Waals surface area (Å²) in [7, 11) is -16.2. The van der Waals surface area contributed by atoms with Crippen molar-refractivity contribution in [1.29, 1.82) is 0 Å². The fourth-order valence-corrected chi connectivity index (χ4v) is 11.0. The van der Waals surface area contributed by atoms with Gasteiger partial charge in [0.15, 0.2) is 12.5 Å². The molecule has 6 rings (SSSR count). The first-order valence-corrected chi connectivity index (χ1v) is 22.1. The van der Waals surface area contributed by atoms with Gasteiger partial charge in [0.05, 0.1) is 13.2 Å². The Kier molecular flexibility index (Phi) is 12.8. The lowest BCUT2D eigenvalue weighted by molar-refractivity contribution is -0.154. The number of ether oxygens (including phenoxy) is 3. The smallest absolute Gasteiger partial charge is 0.346 e.